The van der Waals surface area contributed by atoms with E-state index < -0.39 is 5.97 Å². The number of aromatic carboxylic acids is 1. The van der Waals surface area contributed by atoms with Crippen LogP contribution in [0.1, 0.15) is 35.7 Å². The topological polar surface area (TPSA) is 63.3 Å². The number of hydrogen-bond donors (Lipinski definition) is 1. The number of aryl methyl sites for hydroxylation is 1. The van der Waals surface area contributed by atoms with Crippen molar-refractivity contribution in [1.82, 2.24) is 5.16 Å². The first-order valence-corrected chi connectivity index (χ1v) is 3.87. The Bertz CT molecular complexity index is 359. The van der Waals surface area contributed by atoms with E-state index in [1.807, 2.05) is 13.8 Å². The Morgan fingerprint density at radius 1 is 1.54 bits per heavy atom. The van der Waals surface area contributed by atoms with Crippen LogP contribution in [0.25, 0.3) is 6.08 Å². The number of hydrogen-bond acceptors (Lipinski definition) is 3. The van der Waals surface area contributed by atoms with Crippen LogP contribution in [0.3, 0.4) is 0 Å². The maximum atomic E-state index is 10.8. The molecule has 1 aromatic heterocycles. The van der Waals surface area contributed by atoms with Gasteiger partial charge in [0.1, 0.15) is 17.0 Å². The third kappa shape index (κ3) is 1.96. The Labute approximate surface area is 75.9 Å². The summed E-state index contributed by atoms with van der Waals surface area (Å²) in [4.78, 5) is 10.8. The highest BCUT2D eigenvalue weighted by Gasteiger charge is 2.17. The molecule has 0 fully saturated rings. The molecule has 70 valence electrons. The summed E-state index contributed by atoms with van der Waals surface area (Å²) >= 11 is 0. The van der Waals surface area contributed by atoms with Gasteiger partial charge in [0.15, 0.2) is 0 Å². The van der Waals surface area contributed by atoms with Gasteiger partial charge in [-0.05, 0) is 26.8 Å². The predicted molar refractivity (Wildman–Crippen MR) is 47.5 cm³/mol. The first-order chi connectivity index (χ1) is 6.02. The molecule has 1 rings (SSSR count). The van der Waals surface area contributed by atoms with Crippen LogP contribution in [0.5, 0.6) is 0 Å². The third-order valence-electron chi connectivity index (χ3n) is 1.53. The lowest BCUT2D eigenvalue weighted by molar-refractivity contribution is 0.0695. The van der Waals surface area contributed by atoms with Crippen molar-refractivity contribution in [2.75, 3.05) is 0 Å². The number of rotatable bonds is 2. The summed E-state index contributed by atoms with van der Waals surface area (Å²) in [6.07, 6.45) is 1.68. The summed E-state index contributed by atoms with van der Waals surface area (Å²) in [5.74, 6) is -0.675. The second kappa shape index (κ2) is 3.43. The number of nitrogens with zero attached hydrogens (tertiary/aromatic N) is 1. The van der Waals surface area contributed by atoms with E-state index in [4.69, 9.17) is 9.63 Å². The summed E-state index contributed by atoms with van der Waals surface area (Å²) in [5, 5.41) is 12.5. The SMILES string of the molecule is CC(C)=Cc1noc(C)c1C(=O)O. The van der Waals surface area contributed by atoms with Crippen molar-refractivity contribution in [2.45, 2.75) is 20.8 Å². The summed E-state index contributed by atoms with van der Waals surface area (Å²) < 4.78 is 4.78. The van der Waals surface area contributed by atoms with Gasteiger partial charge in [0, 0.05) is 0 Å². The van der Waals surface area contributed by atoms with E-state index in [1.165, 1.54) is 0 Å². The molecule has 13 heavy (non-hydrogen) atoms. The average Bonchev–Trinajstić information content (AvgIpc) is 2.30. The van der Waals surface area contributed by atoms with Crippen LogP contribution in [0, 0.1) is 6.92 Å². The summed E-state index contributed by atoms with van der Waals surface area (Å²) in [5.41, 5.74) is 1.50. The zero-order valence-electron chi connectivity index (χ0n) is 7.79. The van der Waals surface area contributed by atoms with E-state index in [-0.39, 0.29) is 5.56 Å². The maximum absolute atomic E-state index is 10.8. The molecule has 4 heteroatoms. The lowest BCUT2D eigenvalue weighted by Crippen LogP contribution is -1.99. The molecule has 0 aliphatic heterocycles. The highest BCUT2D eigenvalue weighted by molar-refractivity contribution is 5.92. The summed E-state index contributed by atoms with van der Waals surface area (Å²) in [6, 6.07) is 0. The Balaban J connectivity index is 3.23. The van der Waals surface area contributed by atoms with Crippen molar-refractivity contribution in [3.05, 3.63) is 22.6 Å². The van der Waals surface area contributed by atoms with Crippen molar-refractivity contribution in [3.63, 3.8) is 0 Å². The molecule has 0 aliphatic rings. The molecular weight excluding hydrogens is 170 g/mol. The van der Waals surface area contributed by atoms with Crippen LogP contribution >= 0.6 is 0 Å². The number of carboxylic acid groups (broad SMARTS) is 1. The van der Waals surface area contributed by atoms with E-state index in [1.54, 1.807) is 13.0 Å². The third-order valence-corrected chi connectivity index (χ3v) is 1.53. The van der Waals surface area contributed by atoms with Crippen LogP contribution in [0.15, 0.2) is 10.1 Å². The molecular formula is C9H11NO3. The quantitative estimate of drug-likeness (QED) is 0.758. The van der Waals surface area contributed by atoms with Gasteiger partial charge in [-0.25, -0.2) is 4.79 Å². The van der Waals surface area contributed by atoms with Gasteiger partial charge in [0.25, 0.3) is 0 Å². The maximum Gasteiger partial charge on any atom is 0.341 e. The summed E-state index contributed by atoms with van der Waals surface area (Å²) in [7, 11) is 0. The molecule has 0 aliphatic carbocycles. The standard InChI is InChI=1S/C9H11NO3/c1-5(2)4-7-8(9(11)12)6(3)13-10-7/h4H,1-3H3,(H,11,12). The minimum Gasteiger partial charge on any atom is -0.477 e. The second-order valence-corrected chi connectivity index (χ2v) is 3.03. The number of allylic oxidation sites excluding steroid dienone is 1. The highest BCUT2D eigenvalue weighted by atomic mass is 16.5. The van der Waals surface area contributed by atoms with Gasteiger partial charge in [-0.3, -0.25) is 0 Å². The van der Waals surface area contributed by atoms with Crippen molar-refractivity contribution >= 4 is 12.0 Å². The Morgan fingerprint density at radius 3 is 2.62 bits per heavy atom. The van der Waals surface area contributed by atoms with Crippen molar-refractivity contribution < 1.29 is 14.4 Å². The molecule has 0 saturated carbocycles. The normalized spacial score (nSPS) is 9.77. The molecule has 0 spiro atoms. The average molecular weight is 181 g/mol. The molecule has 0 atom stereocenters. The molecule has 4 nitrogen and oxygen atoms in total. The number of carboxylic acids is 1. The van der Waals surface area contributed by atoms with Gasteiger partial charge in [-0.1, -0.05) is 10.7 Å². The van der Waals surface area contributed by atoms with Gasteiger partial charge >= 0.3 is 5.97 Å². The van der Waals surface area contributed by atoms with E-state index in [2.05, 4.69) is 5.16 Å². The Hall–Kier alpha value is -1.58. The van der Waals surface area contributed by atoms with Gasteiger partial charge in [-0.15, -0.1) is 0 Å². The highest BCUT2D eigenvalue weighted by Crippen LogP contribution is 2.15. The fourth-order valence-electron chi connectivity index (χ4n) is 1.02. The van der Waals surface area contributed by atoms with Gasteiger partial charge < -0.3 is 9.63 Å². The Morgan fingerprint density at radius 2 is 2.15 bits per heavy atom. The van der Waals surface area contributed by atoms with E-state index in [0.29, 0.717) is 11.5 Å². The molecule has 0 saturated heterocycles. The molecule has 0 bridgehead atoms. The van der Waals surface area contributed by atoms with Gasteiger partial charge in [0.2, 0.25) is 0 Å². The van der Waals surface area contributed by atoms with E-state index in [0.717, 1.165) is 5.57 Å². The van der Waals surface area contributed by atoms with Crippen molar-refractivity contribution in [1.29, 1.82) is 0 Å². The smallest absolute Gasteiger partial charge is 0.341 e. The van der Waals surface area contributed by atoms with Gasteiger partial charge in [-0.2, -0.15) is 0 Å². The molecule has 0 amide bonds. The minimum atomic E-state index is -1.01. The molecule has 1 aromatic rings. The molecule has 0 unspecified atom stereocenters. The second-order valence-electron chi connectivity index (χ2n) is 3.03. The fourth-order valence-corrected chi connectivity index (χ4v) is 1.02. The zero-order valence-corrected chi connectivity index (χ0v) is 7.79. The lowest BCUT2D eigenvalue weighted by atomic mass is 10.1. The Kier molecular flexibility index (Phi) is 2.51. The number of aromatic nitrogens is 1. The fraction of sp³-hybridized carbons (Fsp3) is 0.333. The largest absolute Gasteiger partial charge is 0.477 e. The molecule has 1 heterocycles. The van der Waals surface area contributed by atoms with E-state index >= 15 is 0 Å². The molecule has 0 aromatic carbocycles. The van der Waals surface area contributed by atoms with Gasteiger partial charge in [0.05, 0.1) is 0 Å². The van der Waals surface area contributed by atoms with Crippen LogP contribution < -0.4 is 0 Å². The van der Waals surface area contributed by atoms with Crippen LogP contribution in [-0.4, -0.2) is 16.2 Å². The van der Waals surface area contributed by atoms with Crippen molar-refractivity contribution in [3.8, 4) is 0 Å². The van der Waals surface area contributed by atoms with Crippen molar-refractivity contribution in [2.24, 2.45) is 0 Å². The number of carbonyl (C=O) groups is 1. The predicted octanol–water partition coefficient (Wildman–Crippen LogP) is 2.10. The monoisotopic (exact) mass is 181 g/mol. The molecule has 0 radical (unpaired) electrons. The zero-order chi connectivity index (χ0) is 10.0. The van der Waals surface area contributed by atoms with Crippen LogP contribution in [0.2, 0.25) is 0 Å². The first-order valence-electron chi connectivity index (χ1n) is 3.87. The van der Waals surface area contributed by atoms with Crippen LogP contribution in [-0.2, 0) is 0 Å². The lowest BCUT2D eigenvalue weighted by Gasteiger charge is -1.91. The minimum absolute atomic E-state index is 0.140. The van der Waals surface area contributed by atoms with Crippen LogP contribution in [0.4, 0.5) is 0 Å². The molecule has 1 N–H and O–H groups in total. The van der Waals surface area contributed by atoms with E-state index in [9.17, 15) is 4.79 Å². The summed E-state index contributed by atoms with van der Waals surface area (Å²) in [6.45, 7) is 5.32. The first kappa shape index (κ1) is 9.51.